The van der Waals surface area contributed by atoms with Crippen molar-refractivity contribution < 1.29 is 23.9 Å². The molecule has 7 nitrogen and oxygen atoms in total. The van der Waals surface area contributed by atoms with Crippen LogP contribution < -0.4 is 0 Å². The van der Waals surface area contributed by atoms with Gasteiger partial charge in [-0.2, -0.15) is 0 Å². The molecule has 0 radical (unpaired) electrons. The van der Waals surface area contributed by atoms with Gasteiger partial charge >= 0.3 is 5.97 Å². The molecule has 2 aliphatic rings. The van der Waals surface area contributed by atoms with Crippen LogP contribution in [0.15, 0.2) is 30.3 Å². The van der Waals surface area contributed by atoms with Crippen LogP contribution >= 0.6 is 0 Å². The fourth-order valence-corrected chi connectivity index (χ4v) is 3.98. The molecule has 146 valence electrons. The third-order valence-corrected chi connectivity index (χ3v) is 5.18. The summed E-state index contributed by atoms with van der Waals surface area (Å²) in [5, 5.41) is 0. The minimum absolute atomic E-state index is 0.00795. The lowest BCUT2D eigenvalue weighted by Crippen LogP contribution is -2.56. The maximum atomic E-state index is 12.9. The van der Waals surface area contributed by atoms with Crippen molar-refractivity contribution >= 4 is 17.8 Å². The van der Waals surface area contributed by atoms with Crippen LogP contribution in [0.3, 0.4) is 0 Å². The number of hydrogen-bond donors (Lipinski definition) is 0. The molecule has 1 aromatic carbocycles. The van der Waals surface area contributed by atoms with E-state index in [0.717, 1.165) is 5.56 Å². The first-order valence-corrected chi connectivity index (χ1v) is 9.25. The fraction of sp³-hybridized carbons (Fsp3) is 0.550. The van der Waals surface area contributed by atoms with Crippen molar-refractivity contribution in [3.8, 4) is 0 Å². The highest BCUT2D eigenvalue weighted by Crippen LogP contribution is 2.43. The molecule has 3 rings (SSSR count). The number of amides is 2. The van der Waals surface area contributed by atoms with Gasteiger partial charge in [0.1, 0.15) is 6.61 Å². The first kappa shape index (κ1) is 19.4. The van der Waals surface area contributed by atoms with Gasteiger partial charge in [0.2, 0.25) is 11.8 Å². The number of rotatable bonds is 5. The molecule has 0 unspecified atom stereocenters. The second kappa shape index (κ2) is 8.08. The Morgan fingerprint density at radius 1 is 1.22 bits per heavy atom. The number of benzene rings is 1. The third kappa shape index (κ3) is 3.98. The molecule has 2 aliphatic heterocycles. The average molecular weight is 374 g/mol. The van der Waals surface area contributed by atoms with E-state index in [4.69, 9.17) is 9.47 Å². The molecule has 27 heavy (non-hydrogen) atoms. The molecular weight excluding hydrogens is 348 g/mol. The summed E-state index contributed by atoms with van der Waals surface area (Å²) in [5.41, 5.74) is 0.909. The topological polar surface area (TPSA) is 76.1 Å². The van der Waals surface area contributed by atoms with E-state index in [9.17, 15) is 14.4 Å². The molecule has 0 N–H and O–H groups in total. The number of methoxy groups -OCH3 is 1. The Morgan fingerprint density at radius 3 is 2.56 bits per heavy atom. The van der Waals surface area contributed by atoms with Gasteiger partial charge in [-0.1, -0.05) is 30.3 Å². The maximum Gasteiger partial charge on any atom is 0.311 e. The summed E-state index contributed by atoms with van der Waals surface area (Å²) in [4.78, 5) is 41.0. The summed E-state index contributed by atoms with van der Waals surface area (Å²) in [7, 11) is 1.36. The van der Waals surface area contributed by atoms with Crippen LogP contribution in [0.4, 0.5) is 0 Å². The Labute approximate surface area is 159 Å². The van der Waals surface area contributed by atoms with Crippen molar-refractivity contribution in [2.45, 2.75) is 38.5 Å². The van der Waals surface area contributed by atoms with Gasteiger partial charge in [-0.15, -0.1) is 0 Å². The number of carbonyl (C=O) groups is 3. The number of ether oxygens (including phenoxy) is 2. The van der Waals surface area contributed by atoms with Crippen LogP contribution in [0.25, 0.3) is 0 Å². The Balaban J connectivity index is 1.82. The van der Waals surface area contributed by atoms with Crippen LogP contribution in [0, 0.1) is 5.92 Å². The number of nitrogens with zero attached hydrogens (tertiary/aromatic N) is 2. The molecule has 0 bridgehead atoms. The predicted molar refractivity (Wildman–Crippen MR) is 97.6 cm³/mol. The lowest BCUT2D eigenvalue weighted by atomic mass is 9.93. The monoisotopic (exact) mass is 374 g/mol. The van der Waals surface area contributed by atoms with E-state index in [1.54, 1.807) is 4.90 Å². The molecule has 0 aliphatic carbocycles. The molecule has 2 saturated heterocycles. The van der Waals surface area contributed by atoms with E-state index in [2.05, 4.69) is 0 Å². The highest BCUT2D eigenvalue weighted by Gasteiger charge is 2.51. The second-order valence-corrected chi connectivity index (χ2v) is 7.31. The number of esters is 1. The third-order valence-electron chi connectivity index (χ3n) is 5.18. The molecule has 2 fully saturated rings. The molecule has 2 amide bonds. The van der Waals surface area contributed by atoms with Gasteiger partial charge in [0.15, 0.2) is 0 Å². The van der Waals surface area contributed by atoms with E-state index in [1.807, 2.05) is 44.2 Å². The highest BCUT2D eigenvalue weighted by atomic mass is 16.5. The van der Waals surface area contributed by atoms with E-state index in [-0.39, 0.29) is 49.1 Å². The molecule has 3 atom stereocenters. The first-order valence-electron chi connectivity index (χ1n) is 9.25. The van der Waals surface area contributed by atoms with Crippen molar-refractivity contribution in [2.75, 3.05) is 26.8 Å². The quantitative estimate of drug-likeness (QED) is 0.728. The minimum atomic E-state index is -0.437. The summed E-state index contributed by atoms with van der Waals surface area (Å²) < 4.78 is 10.4. The lowest BCUT2D eigenvalue weighted by Gasteiger charge is -2.40. The van der Waals surface area contributed by atoms with E-state index >= 15 is 0 Å². The molecule has 2 heterocycles. The fourth-order valence-electron chi connectivity index (χ4n) is 3.98. The standard InChI is InChI=1S/C20H26N2O5/c1-13(2)27-12-18(24)21-10-15-9-16(20(25)26-3)19(22(15)17(23)11-21)14-7-5-4-6-8-14/h4-8,13,15-16,19H,9-12H2,1-3H3/t15-,16-,19-/m0/s1. The normalized spacial score (nSPS) is 24.9. The molecule has 7 heteroatoms. The Hall–Kier alpha value is -2.41. The van der Waals surface area contributed by atoms with E-state index in [1.165, 1.54) is 12.0 Å². The van der Waals surface area contributed by atoms with Crippen molar-refractivity contribution in [1.82, 2.24) is 9.80 Å². The Kier molecular flexibility index (Phi) is 5.79. The lowest BCUT2D eigenvalue weighted by molar-refractivity contribution is -0.153. The summed E-state index contributed by atoms with van der Waals surface area (Å²) in [6.45, 7) is 4.09. The summed E-state index contributed by atoms with van der Waals surface area (Å²) in [6, 6.07) is 8.96. The van der Waals surface area contributed by atoms with Gasteiger partial charge in [-0.25, -0.2) is 0 Å². The zero-order valence-corrected chi connectivity index (χ0v) is 16.0. The SMILES string of the molecule is COC(=O)[C@H]1C[C@H]2CN(C(=O)COC(C)C)CC(=O)N2[C@H]1c1ccccc1. The van der Waals surface area contributed by atoms with Gasteiger partial charge in [0.05, 0.1) is 37.8 Å². The number of hydrogen-bond acceptors (Lipinski definition) is 5. The largest absolute Gasteiger partial charge is 0.469 e. The molecular formula is C20H26N2O5. The van der Waals surface area contributed by atoms with Crippen molar-refractivity contribution in [2.24, 2.45) is 5.92 Å². The second-order valence-electron chi connectivity index (χ2n) is 7.31. The van der Waals surface area contributed by atoms with Gasteiger partial charge in [0.25, 0.3) is 0 Å². The van der Waals surface area contributed by atoms with Crippen molar-refractivity contribution in [1.29, 1.82) is 0 Å². The van der Waals surface area contributed by atoms with Crippen LogP contribution in [0.5, 0.6) is 0 Å². The van der Waals surface area contributed by atoms with Crippen LogP contribution in [-0.4, -0.2) is 66.5 Å². The summed E-state index contributed by atoms with van der Waals surface area (Å²) in [5.74, 6) is -1.11. The van der Waals surface area contributed by atoms with Gasteiger partial charge in [-0.3, -0.25) is 14.4 Å². The van der Waals surface area contributed by atoms with Crippen LogP contribution in [0.1, 0.15) is 31.9 Å². The number of carbonyl (C=O) groups excluding carboxylic acids is 3. The predicted octanol–water partition coefficient (Wildman–Crippen LogP) is 1.38. The van der Waals surface area contributed by atoms with Crippen molar-refractivity contribution in [3.63, 3.8) is 0 Å². The van der Waals surface area contributed by atoms with Gasteiger partial charge in [0, 0.05) is 6.54 Å². The summed E-state index contributed by atoms with van der Waals surface area (Å²) in [6.07, 6.45) is 0.427. The average Bonchev–Trinajstić information content (AvgIpc) is 3.06. The molecule has 1 aromatic rings. The molecule has 0 saturated carbocycles. The zero-order chi connectivity index (χ0) is 19.6. The number of fused-ring (bicyclic) bond motifs is 1. The van der Waals surface area contributed by atoms with E-state index < -0.39 is 5.92 Å². The number of piperazine rings is 1. The minimum Gasteiger partial charge on any atom is -0.469 e. The highest BCUT2D eigenvalue weighted by molar-refractivity contribution is 5.88. The Bertz CT molecular complexity index is 706. The van der Waals surface area contributed by atoms with Gasteiger partial charge < -0.3 is 19.3 Å². The maximum absolute atomic E-state index is 12.9. The van der Waals surface area contributed by atoms with Gasteiger partial charge in [-0.05, 0) is 25.8 Å². The first-order chi connectivity index (χ1) is 12.9. The molecule has 0 spiro atoms. The Morgan fingerprint density at radius 2 is 1.93 bits per heavy atom. The van der Waals surface area contributed by atoms with Crippen molar-refractivity contribution in [3.05, 3.63) is 35.9 Å². The van der Waals surface area contributed by atoms with Crippen LogP contribution in [-0.2, 0) is 23.9 Å². The van der Waals surface area contributed by atoms with E-state index in [0.29, 0.717) is 13.0 Å². The smallest absolute Gasteiger partial charge is 0.311 e. The summed E-state index contributed by atoms with van der Waals surface area (Å²) >= 11 is 0. The zero-order valence-electron chi connectivity index (χ0n) is 16.0. The molecule has 0 aromatic heterocycles. The van der Waals surface area contributed by atoms with Crippen LogP contribution in [0.2, 0.25) is 0 Å².